The third-order valence-corrected chi connectivity index (χ3v) is 4.05. The van der Waals surface area contributed by atoms with Crippen LogP contribution in [0.3, 0.4) is 0 Å². The van der Waals surface area contributed by atoms with Crippen LogP contribution in [0.1, 0.15) is 12.0 Å². The van der Waals surface area contributed by atoms with Gasteiger partial charge in [0.25, 0.3) is 0 Å². The van der Waals surface area contributed by atoms with Gasteiger partial charge in [-0.05, 0) is 17.9 Å². The number of rotatable bonds is 4. The molecule has 7 heteroatoms. The zero-order valence-electron chi connectivity index (χ0n) is 10.9. The van der Waals surface area contributed by atoms with Crippen molar-refractivity contribution in [3.05, 3.63) is 35.9 Å². The fourth-order valence-corrected chi connectivity index (χ4v) is 3.06. The summed E-state index contributed by atoms with van der Waals surface area (Å²) in [5, 5.41) is 0. The highest BCUT2D eigenvalue weighted by Crippen LogP contribution is 2.19. The summed E-state index contributed by atoms with van der Waals surface area (Å²) in [7, 11) is -4.49. The molecule has 2 rings (SSSR count). The average Bonchev–Trinajstić information content (AvgIpc) is 2.83. The monoisotopic (exact) mass is 301 g/mol. The molecule has 0 aliphatic carbocycles. The molecule has 1 aliphatic rings. The Bertz CT molecular complexity index is 561. The number of carbonyl (C=O) groups is 1. The lowest BCUT2D eigenvalue weighted by Gasteiger charge is -2.16. The van der Waals surface area contributed by atoms with Gasteiger partial charge in [0, 0.05) is 13.1 Å². The number of amides is 1. The van der Waals surface area contributed by atoms with Crippen LogP contribution in [-0.4, -0.2) is 38.3 Å². The summed E-state index contributed by atoms with van der Waals surface area (Å²) < 4.78 is 38.9. The van der Waals surface area contributed by atoms with Crippen LogP contribution in [0.25, 0.3) is 0 Å². The minimum atomic E-state index is -4.49. The molecule has 1 saturated heterocycles. The Kier molecular flexibility index (Phi) is 4.59. The first-order valence-electron chi connectivity index (χ1n) is 6.32. The van der Waals surface area contributed by atoms with E-state index in [0.717, 1.165) is 5.56 Å². The maximum Gasteiger partial charge on any atom is 0.410 e. The summed E-state index contributed by atoms with van der Waals surface area (Å²) in [5.41, 5.74) is 0.878. The first-order chi connectivity index (χ1) is 9.44. The highest BCUT2D eigenvalue weighted by atomic mass is 32.3. The van der Waals surface area contributed by atoms with E-state index < -0.39 is 22.1 Å². The zero-order valence-corrected chi connectivity index (χ0v) is 11.7. The van der Waals surface area contributed by atoms with Crippen molar-refractivity contribution in [1.82, 2.24) is 4.90 Å². The molecular formula is C13H16FNO4S. The SMILES string of the molecule is O=C(OCc1ccccc1)N1CCC(CS(=O)(=O)F)C1. The van der Waals surface area contributed by atoms with E-state index in [2.05, 4.69) is 0 Å². The van der Waals surface area contributed by atoms with Crippen molar-refractivity contribution in [1.29, 1.82) is 0 Å². The molecule has 0 saturated carbocycles. The van der Waals surface area contributed by atoms with Crippen molar-refractivity contribution < 1.29 is 21.8 Å². The van der Waals surface area contributed by atoms with Gasteiger partial charge in [0.2, 0.25) is 0 Å². The first-order valence-corrected chi connectivity index (χ1v) is 7.87. The van der Waals surface area contributed by atoms with Gasteiger partial charge in [-0.15, -0.1) is 3.89 Å². The fourth-order valence-electron chi connectivity index (χ4n) is 2.23. The van der Waals surface area contributed by atoms with E-state index >= 15 is 0 Å². The molecule has 110 valence electrons. The van der Waals surface area contributed by atoms with Gasteiger partial charge >= 0.3 is 16.3 Å². The minimum Gasteiger partial charge on any atom is -0.445 e. The number of likely N-dealkylation sites (tertiary alicyclic amines) is 1. The molecule has 1 unspecified atom stereocenters. The standard InChI is InChI=1S/C13H16FNO4S/c14-20(17,18)10-12-6-7-15(8-12)13(16)19-9-11-4-2-1-3-5-11/h1-5,12H,6-10H2. The predicted octanol–water partition coefficient (Wildman–Crippen LogP) is 1.94. The van der Waals surface area contributed by atoms with E-state index in [4.69, 9.17) is 4.74 Å². The molecule has 1 aromatic rings. The van der Waals surface area contributed by atoms with E-state index in [1.54, 1.807) is 0 Å². The lowest BCUT2D eigenvalue weighted by atomic mass is 10.2. The molecule has 1 heterocycles. The average molecular weight is 301 g/mol. The smallest absolute Gasteiger partial charge is 0.410 e. The van der Waals surface area contributed by atoms with Gasteiger partial charge < -0.3 is 9.64 Å². The molecule has 0 radical (unpaired) electrons. The number of halogens is 1. The number of hydrogen-bond donors (Lipinski definition) is 0. The van der Waals surface area contributed by atoms with Crippen LogP contribution < -0.4 is 0 Å². The van der Waals surface area contributed by atoms with E-state index in [0.29, 0.717) is 13.0 Å². The lowest BCUT2D eigenvalue weighted by molar-refractivity contribution is 0.103. The molecule has 0 aromatic heterocycles. The summed E-state index contributed by atoms with van der Waals surface area (Å²) in [6, 6.07) is 9.25. The highest BCUT2D eigenvalue weighted by molar-refractivity contribution is 7.86. The molecule has 1 amide bonds. The van der Waals surface area contributed by atoms with Gasteiger partial charge in [-0.2, -0.15) is 8.42 Å². The number of hydrogen-bond acceptors (Lipinski definition) is 4. The van der Waals surface area contributed by atoms with Crippen molar-refractivity contribution in [2.24, 2.45) is 5.92 Å². The summed E-state index contributed by atoms with van der Waals surface area (Å²) in [6.45, 7) is 0.785. The normalized spacial score (nSPS) is 19.1. The van der Waals surface area contributed by atoms with Gasteiger partial charge in [-0.25, -0.2) is 4.79 Å². The van der Waals surface area contributed by atoms with Crippen molar-refractivity contribution in [3.63, 3.8) is 0 Å². The van der Waals surface area contributed by atoms with E-state index in [-0.39, 0.29) is 19.1 Å². The van der Waals surface area contributed by atoms with Crippen LogP contribution in [0.5, 0.6) is 0 Å². The summed E-state index contributed by atoms with van der Waals surface area (Å²) in [4.78, 5) is 13.2. The van der Waals surface area contributed by atoms with E-state index in [9.17, 15) is 17.1 Å². The van der Waals surface area contributed by atoms with Crippen LogP contribution in [0, 0.1) is 5.92 Å². The van der Waals surface area contributed by atoms with Gasteiger partial charge in [0.05, 0.1) is 5.75 Å². The number of nitrogens with zero attached hydrogens (tertiary/aromatic N) is 1. The fraction of sp³-hybridized carbons (Fsp3) is 0.462. The molecule has 5 nitrogen and oxygen atoms in total. The molecule has 1 aliphatic heterocycles. The summed E-state index contributed by atoms with van der Waals surface area (Å²) >= 11 is 0. The van der Waals surface area contributed by atoms with Crippen LogP contribution in [0.2, 0.25) is 0 Å². The molecule has 0 spiro atoms. The highest BCUT2D eigenvalue weighted by Gasteiger charge is 2.30. The van der Waals surface area contributed by atoms with Crippen molar-refractivity contribution >= 4 is 16.3 Å². The lowest BCUT2D eigenvalue weighted by Crippen LogP contribution is -2.30. The molecule has 20 heavy (non-hydrogen) atoms. The Labute approximate surface area is 117 Å². The third-order valence-electron chi connectivity index (χ3n) is 3.18. The van der Waals surface area contributed by atoms with Gasteiger partial charge in [0.1, 0.15) is 6.61 Å². The Hall–Kier alpha value is -1.63. The maximum atomic E-state index is 12.6. The third kappa shape index (κ3) is 4.48. The largest absolute Gasteiger partial charge is 0.445 e. The molecule has 0 bridgehead atoms. The number of ether oxygens (including phenoxy) is 1. The Morgan fingerprint density at radius 3 is 2.70 bits per heavy atom. The minimum absolute atomic E-state index is 0.169. The second-order valence-corrected chi connectivity index (χ2v) is 6.26. The van der Waals surface area contributed by atoms with Crippen LogP contribution in [0.4, 0.5) is 8.68 Å². The van der Waals surface area contributed by atoms with Gasteiger partial charge in [0.15, 0.2) is 0 Å². The molecule has 1 aromatic carbocycles. The quantitative estimate of drug-likeness (QED) is 0.797. The van der Waals surface area contributed by atoms with Crippen LogP contribution in [0.15, 0.2) is 30.3 Å². The number of benzene rings is 1. The second kappa shape index (κ2) is 6.21. The summed E-state index contributed by atoms with van der Waals surface area (Å²) in [5.74, 6) is -0.885. The number of carbonyl (C=O) groups excluding carboxylic acids is 1. The van der Waals surface area contributed by atoms with Crippen molar-refractivity contribution in [2.75, 3.05) is 18.8 Å². The zero-order chi connectivity index (χ0) is 14.6. The Balaban J connectivity index is 1.80. The van der Waals surface area contributed by atoms with Crippen LogP contribution >= 0.6 is 0 Å². The molecule has 1 atom stereocenters. The van der Waals surface area contributed by atoms with E-state index in [1.165, 1.54) is 4.90 Å². The topological polar surface area (TPSA) is 63.7 Å². The van der Waals surface area contributed by atoms with Gasteiger partial charge in [-0.1, -0.05) is 30.3 Å². The van der Waals surface area contributed by atoms with Gasteiger partial charge in [-0.3, -0.25) is 0 Å². The summed E-state index contributed by atoms with van der Waals surface area (Å²) in [6.07, 6.45) is -0.0172. The molecule has 0 N–H and O–H groups in total. The predicted molar refractivity (Wildman–Crippen MR) is 71.2 cm³/mol. The van der Waals surface area contributed by atoms with Crippen LogP contribution in [-0.2, 0) is 21.6 Å². The first kappa shape index (κ1) is 14.8. The Morgan fingerprint density at radius 1 is 1.35 bits per heavy atom. The molecule has 1 fully saturated rings. The maximum absolute atomic E-state index is 12.6. The van der Waals surface area contributed by atoms with E-state index in [1.807, 2.05) is 30.3 Å². The molecular weight excluding hydrogens is 285 g/mol. The Morgan fingerprint density at radius 2 is 2.05 bits per heavy atom. The van der Waals surface area contributed by atoms with Crippen molar-refractivity contribution in [3.8, 4) is 0 Å². The van der Waals surface area contributed by atoms with Crippen molar-refractivity contribution in [2.45, 2.75) is 13.0 Å². The second-order valence-electron chi connectivity index (χ2n) is 4.85.